The van der Waals surface area contributed by atoms with Crippen LogP contribution in [0.5, 0.6) is 0 Å². The van der Waals surface area contributed by atoms with Crippen molar-refractivity contribution in [1.82, 2.24) is 4.90 Å². The Morgan fingerprint density at radius 1 is 0.741 bits per heavy atom. The monoisotopic (exact) mass is 355 g/mol. The molecule has 0 aromatic heterocycles. The van der Waals surface area contributed by atoms with Crippen LogP contribution in [0.4, 0.5) is 4.79 Å². The Labute approximate surface area is 159 Å². The molecule has 0 fully saturated rings. The molecule has 0 unspecified atom stereocenters. The van der Waals surface area contributed by atoms with E-state index >= 15 is 0 Å². The molecule has 0 N–H and O–H groups in total. The molecule has 3 aromatic rings. The van der Waals surface area contributed by atoms with E-state index in [1.165, 1.54) is 22.3 Å². The van der Waals surface area contributed by atoms with Crippen molar-refractivity contribution in [3.8, 4) is 0 Å². The predicted molar refractivity (Wildman–Crippen MR) is 105 cm³/mol. The average Bonchev–Trinajstić information content (AvgIpc) is 3.01. The first-order chi connectivity index (χ1) is 13.3. The molecule has 1 amide bonds. The van der Waals surface area contributed by atoms with Crippen LogP contribution in [0.25, 0.3) is 0 Å². The minimum Gasteiger partial charge on any atom is -0.445 e. The standard InChI is InChI=1S/C24H21NO2/c26-24(27-16-17-8-2-1-3-9-17)25-14-22-18-10-4-5-11-19(18)23(15-25)21-13-7-6-12-20(21)22/h1-13,22-23H,14-16H2. The molecule has 0 radical (unpaired) electrons. The van der Waals surface area contributed by atoms with E-state index in [4.69, 9.17) is 4.74 Å². The zero-order chi connectivity index (χ0) is 18.2. The van der Waals surface area contributed by atoms with Crippen LogP contribution >= 0.6 is 0 Å². The van der Waals surface area contributed by atoms with E-state index < -0.39 is 0 Å². The summed E-state index contributed by atoms with van der Waals surface area (Å²) in [5, 5.41) is 0. The van der Waals surface area contributed by atoms with E-state index in [9.17, 15) is 4.79 Å². The summed E-state index contributed by atoms with van der Waals surface area (Å²) in [6, 6.07) is 27.1. The number of fused-ring (bicyclic) bond motifs is 2. The summed E-state index contributed by atoms with van der Waals surface area (Å²) < 4.78 is 5.63. The predicted octanol–water partition coefficient (Wildman–Crippen LogP) is 4.92. The third-order valence-corrected chi connectivity index (χ3v) is 5.76. The van der Waals surface area contributed by atoms with Gasteiger partial charge >= 0.3 is 6.09 Å². The largest absolute Gasteiger partial charge is 0.445 e. The van der Waals surface area contributed by atoms with E-state index in [1.807, 2.05) is 35.2 Å². The van der Waals surface area contributed by atoms with E-state index in [1.54, 1.807) is 0 Å². The highest BCUT2D eigenvalue weighted by atomic mass is 16.6. The fraction of sp³-hybridized carbons (Fsp3) is 0.208. The van der Waals surface area contributed by atoms with E-state index in [2.05, 4.69) is 48.5 Å². The lowest BCUT2D eigenvalue weighted by Gasteiger charge is -2.29. The van der Waals surface area contributed by atoms with Crippen LogP contribution in [-0.2, 0) is 11.3 Å². The van der Waals surface area contributed by atoms with Crippen molar-refractivity contribution in [1.29, 1.82) is 0 Å². The molecule has 3 heteroatoms. The molecule has 0 spiro atoms. The molecule has 3 nitrogen and oxygen atoms in total. The quantitative estimate of drug-likeness (QED) is 0.653. The van der Waals surface area contributed by atoms with Crippen molar-refractivity contribution in [2.24, 2.45) is 0 Å². The zero-order valence-corrected chi connectivity index (χ0v) is 15.0. The lowest BCUT2D eigenvalue weighted by Crippen LogP contribution is -2.34. The Kier molecular flexibility index (Phi) is 3.93. The molecule has 6 rings (SSSR count). The molecule has 3 aliphatic rings. The topological polar surface area (TPSA) is 29.5 Å². The minimum absolute atomic E-state index is 0.209. The molecule has 0 atom stereocenters. The van der Waals surface area contributed by atoms with Crippen molar-refractivity contribution < 1.29 is 9.53 Å². The van der Waals surface area contributed by atoms with Crippen LogP contribution in [0.3, 0.4) is 0 Å². The highest BCUT2D eigenvalue weighted by molar-refractivity contribution is 5.69. The summed E-state index contributed by atoms with van der Waals surface area (Å²) in [7, 11) is 0. The van der Waals surface area contributed by atoms with Crippen LogP contribution in [0.15, 0.2) is 78.9 Å². The Morgan fingerprint density at radius 3 is 1.67 bits per heavy atom. The molecular formula is C24H21NO2. The second-order valence-corrected chi connectivity index (χ2v) is 7.31. The molecule has 134 valence electrons. The normalized spacial score (nSPS) is 19.8. The van der Waals surface area contributed by atoms with Crippen molar-refractivity contribution in [2.45, 2.75) is 18.4 Å². The summed E-state index contributed by atoms with van der Waals surface area (Å²) in [5.41, 5.74) is 6.40. The summed E-state index contributed by atoms with van der Waals surface area (Å²) in [6.45, 7) is 1.64. The van der Waals surface area contributed by atoms with Gasteiger partial charge in [-0.25, -0.2) is 4.79 Å². The maximum Gasteiger partial charge on any atom is 0.410 e. The lowest BCUT2D eigenvalue weighted by molar-refractivity contribution is 0.0961. The smallest absolute Gasteiger partial charge is 0.410 e. The first-order valence-corrected chi connectivity index (χ1v) is 9.44. The van der Waals surface area contributed by atoms with Gasteiger partial charge in [-0.3, -0.25) is 0 Å². The van der Waals surface area contributed by atoms with Gasteiger partial charge in [0.25, 0.3) is 0 Å². The highest BCUT2D eigenvalue weighted by Crippen LogP contribution is 2.46. The zero-order valence-electron chi connectivity index (χ0n) is 15.0. The second kappa shape index (κ2) is 6.58. The lowest BCUT2D eigenvalue weighted by atomic mass is 9.74. The van der Waals surface area contributed by atoms with Crippen LogP contribution < -0.4 is 0 Å². The highest BCUT2D eigenvalue weighted by Gasteiger charge is 2.39. The van der Waals surface area contributed by atoms with E-state index in [0.29, 0.717) is 19.7 Å². The van der Waals surface area contributed by atoms with Crippen molar-refractivity contribution in [2.75, 3.05) is 13.1 Å². The van der Waals surface area contributed by atoms with E-state index in [-0.39, 0.29) is 17.9 Å². The molecular weight excluding hydrogens is 334 g/mol. The van der Waals surface area contributed by atoms with Crippen LogP contribution in [0, 0.1) is 0 Å². The molecule has 3 aromatic carbocycles. The number of hydrogen-bond acceptors (Lipinski definition) is 2. The fourth-order valence-electron chi connectivity index (χ4n) is 4.49. The number of ether oxygens (including phenoxy) is 1. The maximum absolute atomic E-state index is 12.8. The maximum atomic E-state index is 12.8. The molecule has 2 heterocycles. The Hall–Kier alpha value is -3.07. The Balaban J connectivity index is 1.44. The molecule has 2 aliphatic heterocycles. The van der Waals surface area contributed by atoms with Gasteiger partial charge in [0, 0.05) is 24.9 Å². The van der Waals surface area contributed by atoms with Gasteiger partial charge in [0.15, 0.2) is 0 Å². The number of amides is 1. The number of carbonyl (C=O) groups is 1. The summed E-state index contributed by atoms with van der Waals surface area (Å²) in [5.74, 6) is 0.417. The van der Waals surface area contributed by atoms with E-state index in [0.717, 1.165) is 5.56 Å². The van der Waals surface area contributed by atoms with Gasteiger partial charge in [0.1, 0.15) is 6.61 Å². The SMILES string of the molecule is O=C(OCc1ccccc1)N1CC2c3ccccc3C(C1)c1ccccc12. The number of hydrogen-bond donors (Lipinski definition) is 0. The second-order valence-electron chi connectivity index (χ2n) is 7.31. The first-order valence-electron chi connectivity index (χ1n) is 9.44. The molecule has 1 aliphatic carbocycles. The fourth-order valence-corrected chi connectivity index (χ4v) is 4.49. The Morgan fingerprint density at radius 2 is 1.19 bits per heavy atom. The van der Waals surface area contributed by atoms with Gasteiger partial charge < -0.3 is 9.64 Å². The van der Waals surface area contributed by atoms with Crippen molar-refractivity contribution in [3.63, 3.8) is 0 Å². The number of benzene rings is 3. The molecule has 27 heavy (non-hydrogen) atoms. The number of rotatable bonds is 2. The number of carbonyl (C=O) groups excluding carboxylic acids is 1. The third-order valence-electron chi connectivity index (χ3n) is 5.76. The van der Waals surface area contributed by atoms with Gasteiger partial charge in [-0.1, -0.05) is 78.9 Å². The Bertz CT molecular complexity index is 883. The minimum atomic E-state index is -0.227. The third kappa shape index (κ3) is 2.80. The summed E-state index contributed by atoms with van der Waals surface area (Å²) in [6.07, 6.45) is -0.227. The summed E-state index contributed by atoms with van der Waals surface area (Å²) in [4.78, 5) is 14.7. The van der Waals surface area contributed by atoms with Gasteiger partial charge in [-0.2, -0.15) is 0 Å². The number of nitrogens with zero attached hydrogens (tertiary/aromatic N) is 1. The average molecular weight is 355 g/mol. The molecule has 0 saturated carbocycles. The first kappa shape index (κ1) is 16.1. The van der Waals surface area contributed by atoms with Gasteiger partial charge in [0.2, 0.25) is 0 Å². The molecule has 2 bridgehead atoms. The van der Waals surface area contributed by atoms with Crippen LogP contribution in [-0.4, -0.2) is 24.1 Å². The van der Waals surface area contributed by atoms with Crippen molar-refractivity contribution in [3.05, 3.63) is 107 Å². The summed E-state index contributed by atoms with van der Waals surface area (Å²) >= 11 is 0. The van der Waals surface area contributed by atoms with Crippen molar-refractivity contribution >= 4 is 6.09 Å². The van der Waals surface area contributed by atoms with Gasteiger partial charge in [-0.15, -0.1) is 0 Å². The van der Waals surface area contributed by atoms with Crippen LogP contribution in [0.2, 0.25) is 0 Å². The van der Waals surface area contributed by atoms with Gasteiger partial charge in [0.05, 0.1) is 0 Å². The molecule has 0 saturated heterocycles. The van der Waals surface area contributed by atoms with Crippen LogP contribution in [0.1, 0.15) is 39.7 Å². The van der Waals surface area contributed by atoms with Gasteiger partial charge in [-0.05, 0) is 27.8 Å².